The summed E-state index contributed by atoms with van der Waals surface area (Å²) in [6, 6.07) is 11.0. The van der Waals surface area contributed by atoms with Crippen molar-refractivity contribution in [3.63, 3.8) is 0 Å². The fourth-order valence-electron chi connectivity index (χ4n) is 3.45. The molecule has 4 rings (SSSR count). The topological polar surface area (TPSA) is 81.6 Å². The van der Waals surface area contributed by atoms with Crippen LogP contribution in [0.4, 0.5) is 0 Å². The maximum absolute atomic E-state index is 13.0. The lowest BCUT2D eigenvalue weighted by molar-refractivity contribution is 0.0672. The molecule has 0 saturated carbocycles. The molecule has 1 aromatic carbocycles. The highest BCUT2D eigenvalue weighted by molar-refractivity contribution is 5.92. The van der Waals surface area contributed by atoms with E-state index in [0.29, 0.717) is 12.2 Å². The molecular weight excluding hydrogens is 358 g/mol. The first-order valence-corrected chi connectivity index (χ1v) is 9.45. The minimum atomic E-state index is -0.183. The monoisotopic (exact) mass is 381 g/mol. The number of amides is 1. The van der Waals surface area contributed by atoms with E-state index in [0.717, 1.165) is 35.6 Å². The molecule has 28 heavy (non-hydrogen) atoms. The molecule has 7 heteroatoms. The minimum absolute atomic E-state index is 0.123. The third-order valence-electron chi connectivity index (χ3n) is 5.09. The summed E-state index contributed by atoms with van der Waals surface area (Å²) in [4.78, 5) is 14.8. The number of ether oxygens (including phenoxy) is 1. The van der Waals surface area contributed by atoms with Gasteiger partial charge in [0.1, 0.15) is 11.4 Å². The lowest BCUT2D eigenvalue weighted by atomic mass is 10.1. The van der Waals surface area contributed by atoms with Crippen LogP contribution in [-0.4, -0.2) is 34.8 Å². The van der Waals surface area contributed by atoms with Crippen molar-refractivity contribution in [2.45, 2.75) is 38.6 Å². The summed E-state index contributed by atoms with van der Waals surface area (Å²) in [6.45, 7) is 4.78. The molecule has 1 atom stereocenters. The molecule has 1 amide bonds. The third kappa shape index (κ3) is 3.40. The Hall–Kier alpha value is -3.09. The molecular formula is C21H23N3O4. The van der Waals surface area contributed by atoms with E-state index in [1.165, 1.54) is 0 Å². The molecule has 7 nitrogen and oxygen atoms in total. The average Bonchev–Trinajstić information content (AvgIpc) is 3.47. The van der Waals surface area contributed by atoms with Gasteiger partial charge in [0.05, 0.1) is 18.8 Å². The summed E-state index contributed by atoms with van der Waals surface area (Å²) in [5.41, 5.74) is 2.37. The van der Waals surface area contributed by atoms with E-state index in [2.05, 4.69) is 24.2 Å². The maximum atomic E-state index is 13.0. The zero-order valence-electron chi connectivity index (χ0n) is 16.2. The van der Waals surface area contributed by atoms with E-state index in [-0.39, 0.29) is 23.6 Å². The van der Waals surface area contributed by atoms with E-state index >= 15 is 0 Å². The molecule has 0 radical (unpaired) electrons. The Bertz CT molecular complexity index is 958. The number of likely N-dealkylation sites (tertiary alicyclic amines) is 1. The molecule has 1 aliphatic heterocycles. The van der Waals surface area contributed by atoms with E-state index < -0.39 is 0 Å². The van der Waals surface area contributed by atoms with Crippen LogP contribution in [0.15, 0.2) is 45.4 Å². The van der Waals surface area contributed by atoms with Crippen LogP contribution >= 0.6 is 0 Å². The van der Waals surface area contributed by atoms with Gasteiger partial charge < -0.3 is 18.7 Å². The van der Waals surface area contributed by atoms with Crippen molar-refractivity contribution in [3.05, 3.63) is 53.6 Å². The normalized spacial score (nSPS) is 16.7. The maximum Gasteiger partial charge on any atom is 0.293 e. The van der Waals surface area contributed by atoms with Crippen LogP contribution in [0.1, 0.15) is 60.7 Å². The van der Waals surface area contributed by atoms with Crippen molar-refractivity contribution >= 4 is 5.91 Å². The Balaban J connectivity index is 1.54. The molecule has 1 unspecified atom stereocenters. The van der Waals surface area contributed by atoms with Crippen LogP contribution in [0.5, 0.6) is 5.75 Å². The number of hydrogen-bond donors (Lipinski definition) is 0. The number of carbonyl (C=O) groups is 1. The van der Waals surface area contributed by atoms with Gasteiger partial charge in [-0.15, -0.1) is 0 Å². The second-order valence-corrected chi connectivity index (χ2v) is 7.27. The van der Waals surface area contributed by atoms with Crippen LogP contribution in [0.2, 0.25) is 0 Å². The molecule has 1 aliphatic rings. The van der Waals surface area contributed by atoms with Gasteiger partial charge in [-0.25, -0.2) is 0 Å². The first-order valence-electron chi connectivity index (χ1n) is 9.45. The predicted molar refractivity (Wildman–Crippen MR) is 102 cm³/mol. The van der Waals surface area contributed by atoms with Gasteiger partial charge in [0, 0.05) is 24.2 Å². The van der Waals surface area contributed by atoms with E-state index in [1.54, 1.807) is 18.1 Å². The molecule has 0 spiro atoms. The van der Waals surface area contributed by atoms with Crippen molar-refractivity contribution in [2.75, 3.05) is 13.7 Å². The van der Waals surface area contributed by atoms with Crippen molar-refractivity contribution in [1.29, 1.82) is 0 Å². The molecule has 146 valence electrons. The van der Waals surface area contributed by atoms with Crippen LogP contribution in [0.25, 0.3) is 11.3 Å². The molecule has 1 fully saturated rings. The highest BCUT2D eigenvalue weighted by Gasteiger charge is 2.35. The largest absolute Gasteiger partial charge is 0.497 e. The second kappa shape index (κ2) is 7.50. The van der Waals surface area contributed by atoms with Gasteiger partial charge in [0.2, 0.25) is 5.76 Å². The molecule has 0 bridgehead atoms. The molecule has 3 heterocycles. The van der Waals surface area contributed by atoms with Gasteiger partial charge in [0.25, 0.3) is 5.91 Å². The van der Waals surface area contributed by atoms with Gasteiger partial charge in [-0.05, 0) is 43.0 Å². The summed E-state index contributed by atoms with van der Waals surface area (Å²) in [5, 5.41) is 8.19. The van der Waals surface area contributed by atoms with E-state index in [9.17, 15) is 4.79 Å². The number of carbonyl (C=O) groups excluding carboxylic acids is 1. The number of benzene rings is 1. The van der Waals surface area contributed by atoms with Crippen LogP contribution in [0, 0.1) is 0 Å². The van der Waals surface area contributed by atoms with E-state index in [1.807, 2.05) is 30.3 Å². The Morgan fingerprint density at radius 2 is 1.96 bits per heavy atom. The Morgan fingerprint density at radius 3 is 2.64 bits per heavy atom. The highest BCUT2D eigenvalue weighted by Crippen LogP contribution is 2.35. The van der Waals surface area contributed by atoms with Gasteiger partial charge in [-0.2, -0.15) is 0 Å². The highest BCUT2D eigenvalue weighted by atomic mass is 16.5. The fourth-order valence-corrected chi connectivity index (χ4v) is 3.45. The van der Waals surface area contributed by atoms with Crippen molar-refractivity contribution in [2.24, 2.45) is 0 Å². The number of aromatic nitrogens is 2. The van der Waals surface area contributed by atoms with Crippen LogP contribution in [0.3, 0.4) is 0 Å². The number of methoxy groups -OCH3 is 1. The zero-order chi connectivity index (χ0) is 19.7. The summed E-state index contributed by atoms with van der Waals surface area (Å²) in [7, 11) is 1.62. The summed E-state index contributed by atoms with van der Waals surface area (Å²) >= 11 is 0. The smallest absolute Gasteiger partial charge is 0.293 e. The average molecular weight is 381 g/mol. The Kier molecular flexibility index (Phi) is 4.90. The first-order chi connectivity index (χ1) is 13.6. The van der Waals surface area contributed by atoms with Gasteiger partial charge in [-0.3, -0.25) is 4.79 Å². The fraction of sp³-hybridized carbons (Fsp3) is 0.381. The number of nitrogens with zero attached hydrogens (tertiary/aromatic N) is 3. The molecule has 0 aliphatic carbocycles. The SMILES string of the molecule is COc1ccc(-c2cc(C(=O)N3CCCC3c3cc(C(C)C)no3)on2)cc1. The van der Waals surface area contributed by atoms with Crippen LogP contribution < -0.4 is 4.74 Å². The first kappa shape index (κ1) is 18.3. The van der Waals surface area contributed by atoms with Crippen molar-refractivity contribution in [3.8, 4) is 17.0 Å². The Labute approximate surface area is 163 Å². The molecule has 1 saturated heterocycles. The van der Waals surface area contributed by atoms with E-state index in [4.69, 9.17) is 13.8 Å². The van der Waals surface area contributed by atoms with Crippen molar-refractivity contribution < 1.29 is 18.6 Å². The number of rotatable bonds is 5. The van der Waals surface area contributed by atoms with Crippen molar-refractivity contribution in [1.82, 2.24) is 15.2 Å². The molecule has 0 N–H and O–H groups in total. The van der Waals surface area contributed by atoms with Gasteiger partial charge in [0.15, 0.2) is 5.76 Å². The molecule has 3 aromatic rings. The zero-order valence-corrected chi connectivity index (χ0v) is 16.2. The summed E-state index contributed by atoms with van der Waals surface area (Å²) < 4.78 is 16.0. The lowest BCUT2D eigenvalue weighted by Gasteiger charge is -2.21. The van der Waals surface area contributed by atoms with Gasteiger partial charge >= 0.3 is 0 Å². The lowest BCUT2D eigenvalue weighted by Crippen LogP contribution is -2.30. The standard InChI is InChI=1S/C21H23N3O4/c1-13(2)16-11-19(27-22-16)18-5-4-10-24(18)21(25)20-12-17(23-28-20)14-6-8-15(26-3)9-7-14/h6-9,11-13,18H,4-5,10H2,1-3H3. The second-order valence-electron chi connectivity index (χ2n) is 7.27. The van der Waals surface area contributed by atoms with Gasteiger partial charge in [-0.1, -0.05) is 24.2 Å². The van der Waals surface area contributed by atoms with Crippen LogP contribution in [-0.2, 0) is 0 Å². The quantitative estimate of drug-likeness (QED) is 0.650. The predicted octanol–water partition coefficient (Wildman–Crippen LogP) is 4.44. The minimum Gasteiger partial charge on any atom is -0.497 e. The third-order valence-corrected chi connectivity index (χ3v) is 5.09. The number of hydrogen-bond acceptors (Lipinski definition) is 6. The summed E-state index contributed by atoms with van der Waals surface area (Å²) in [5.74, 6) is 1.81. The summed E-state index contributed by atoms with van der Waals surface area (Å²) in [6.07, 6.45) is 1.76. The molecule has 2 aromatic heterocycles. The Morgan fingerprint density at radius 1 is 1.18 bits per heavy atom.